The van der Waals surface area contributed by atoms with Crippen molar-refractivity contribution < 1.29 is 9.90 Å². The van der Waals surface area contributed by atoms with Gasteiger partial charge in [0.25, 0.3) is 5.95 Å². The fourth-order valence-corrected chi connectivity index (χ4v) is 4.06. The molecule has 3 aromatic rings. The molecule has 0 unspecified atom stereocenters. The lowest BCUT2D eigenvalue weighted by Gasteiger charge is -2.15. The largest absolute Gasteiger partial charge is 0.508 e. The van der Waals surface area contributed by atoms with E-state index in [2.05, 4.69) is 20.4 Å². The SMILES string of the molecule is Cc1nn(-c2ncccn2)c2c1[C@H](c1cccc(O)c1)SCC(=O)N2. The number of phenols is 1. The van der Waals surface area contributed by atoms with E-state index < -0.39 is 0 Å². The Morgan fingerprint density at radius 1 is 1.28 bits per heavy atom. The van der Waals surface area contributed by atoms with Crippen LogP contribution in [0.1, 0.15) is 22.1 Å². The molecule has 0 fully saturated rings. The zero-order valence-corrected chi connectivity index (χ0v) is 14.2. The van der Waals surface area contributed by atoms with Crippen LogP contribution in [0, 0.1) is 6.92 Å². The summed E-state index contributed by atoms with van der Waals surface area (Å²) in [5.41, 5.74) is 2.60. The Bertz CT molecular complexity index is 941. The van der Waals surface area contributed by atoms with Crippen LogP contribution in [0.25, 0.3) is 5.95 Å². The van der Waals surface area contributed by atoms with Crippen molar-refractivity contribution in [2.24, 2.45) is 0 Å². The number of carbonyl (C=O) groups is 1. The maximum Gasteiger partial charge on any atom is 0.252 e. The third-order valence-electron chi connectivity index (χ3n) is 3.92. The van der Waals surface area contributed by atoms with Gasteiger partial charge >= 0.3 is 0 Å². The van der Waals surface area contributed by atoms with Crippen molar-refractivity contribution in [3.05, 3.63) is 59.5 Å². The Hall–Kier alpha value is -2.87. The second-order valence-corrected chi connectivity index (χ2v) is 6.74. The summed E-state index contributed by atoms with van der Waals surface area (Å²) in [5.74, 6) is 1.37. The molecular formula is C17H15N5O2S. The molecule has 8 heteroatoms. The number of benzene rings is 1. The van der Waals surface area contributed by atoms with Gasteiger partial charge in [-0.15, -0.1) is 11.8 Å². The predicted octanol–water partition coefficient (Wildman–Crippen LogP) is 2.45. The third kappa shape index (κ3) is 2.85. The van der Waals surface area contributed by atoms with Gasteiger partial charge in [0.2, 0.25) is 5.91 Å². The summed E-state index contributed by atoms with van der Waals surface area (Å²) in [5, 5.41) is 17.2. The van der Waals surface area contributed by atoms with E-state index in [1.165, 1.54) is 11.8 Å². The zero-order valence-electron chi connectivity index (χ0n) is 13.4. The zero-order chi connectivity index (χ0) is 17.4. The summed E-state index contributed by atoms with van der Waals surface area (Å²) in [7, 11) is 0. The van der Waals surface area contributed by atoms with Gasteiger partial charge in [-0.2, -0.15) is 9.78 Å². The van der Waals surface area contributed by atoms with Gasteiger partial charge in [0, 0.05) is 18.0 Å². The average molecular weight is 353 g/mol. The number of rotatable bonds is 2. The number of aromatic hydroxyl groups is 1. The average Bonchev–Trinajstić information content (AvgIpc) is 2.82. The number of aromatic nitrogens is 4. The second kappa shape index (κ2) is 6.21. The van der Waals surface area contributed by atoms with Gasteiger partial charge in [-0.25, -0.2) is 9.97 Å². The maximum absolute atomic E-state index is 12.2. The Morgan fingerprint density at radius 3 is 2.84 bits per heavy atom. The Kier molecular flexibility index (Phi) is 3.89. The van der Waals surface area contributed by atoms with Crippen LogP contribution in [0.15, 0.2) is 42.7 Å². The Morgan fingerprint density at radius 2 is 2.08 bits per heavy atom. The summed E-state index contributed by atoms with van der Waals surface area (Å²) in [6.07, 6.45) is 3.26. The minimum absolute atomic E-state index is 0.106. The molecule has 0 spiro atoms. The van der Waals surface area contributed by atoms with Gasteiger partial charge < -0.3 is 10.4 Å². The van der Waals surface area contributed by atoms with Crippen LogP contribution in [-0.4, -0.2) is 36.5 Å². The summed E-state index contributed by atoms with van der Waals surface area (Å²) in [6, 6.07) is 8.80. The lowest BCUT2D eigenvalue weighted by atomic mass is 10.0. The number of hydrogen-bond acceptors (Lipinski definition) is 6. The smallest absolute Gasteiger partial charge is 0.252 e. The number of carbonyl (C=O) groups excluding carboxylic acids is 1. The molecule has 0 saturated heterocycles. The topological polar surface area (TPSA) is 92.9 Å². The fourth-order valence-electron chi connectivity index (χ4n) is 2.88. The molecule has 1 atom stereocenters. The molecule has 7 nitrogen and oxygen atoms in total. The first-order chi connectivity index (χ1) is 12.1. The van der Waals surface area contributed by atoms with Crippen LogP contribution < -0.4 is 5.32 Å². The fraction of sp³-hybridized carbons (Fsp3) is 0.176. The molecule has 1 aliphatic heterocycles. The van der Waals surface area contributed by atoms with Gasteiger partial charge in [0.05, 0.1) is 16.7 Å². The molecular weight excluding hydrogens is 338 g/mol. The number of aryl methyl sites for hydroxylation is 1. The lowest BCUT2D eigenvalue weighted by molar-refractivity contribution is -0.113. The number of nitrogens with zero attached hydrogens (tertiary/aromatic N) is 4. The molecule has 1 amide bonds. The summed E-state index contributed by atoms with van der Waals surface area (Å²) >= 11 is 1.50. The van der Waals surface area contributed by atoms with E-state index >= 15 is 0 Å². The van der Waals surface area contributed by atoms with Gasteiger partial charge in [0.15, 0.2) is 0 Å². The molecule has 2 N–H and O–H groups in total. The molecule has 0 aliphatic carbocycles. The van der Waals surface area contributed by atoms with E-state index in [9.17, 15) is 9.90 Å². The molecule has 25 heavy (non-hydrogen) atoms. The predicted molar refractivity (Wildman–Crippen MR) is 94.9 cm³/mol. The van der Waals surface area contributed by atoms with E-state index in [-0.39, 0.29) is 16.9 Å². The monoisotopic (exact) mass is 353 g/mol. The molecule has 126 valence electrons. The highest BCUT2D eigenvalue weighted by atomic mass is 32.2. The van der Waals surface area contributed by atoms with E-state index in [4.69, 9.17) is 0 Å². The van der Waals surface area contributed by atoms with Gasteiger partial charge in [-0.3, -0.25) is 4.79 Å². The van der Waals surface area contributed by atoms with Gasteiger partial charge in [-0.1, -0.05) is 12.1 Å². The van der Waals surface area contributed by atoms with Crippen LogP contribution in [0.5, 0.6) is 5.75 Å². The molecule has 0 radical (unpaired) electrons. The molecule has 4 rings (SSSR count). The van der Waals surface area contributed by atoms with Crippen LogP contribution in [-0.2, 0) is 4.79 Å². The van der Waals surface area contributed by atoms with Crippen molar-refractivity contribution in [1.82, 2.24) is 19.7 Å². The molecule has 1 aromatic carbocycles. The van der Waals surface area contributed by atoms with E-state index in [0.717, 1.165) is 16.8 Å². The quantitative estimate of drug-likeness (QED) is 0.735. The molecule has 0 bridgehead atoms. The first kappa shape index (κ1) is 15.6. The van der Waals surface area contributed by atoms with Crippen molar-refractivity contribution in [2.75, 3.05) is 11.1 Å². The number of nitrogens with one attached hydrogen (secondary N) is 1. The van der Waals surface area contributed by atoms with Crippen LogP contribution in [0.3, 0.4) is 0 Å². The Labute approximate surface area is 148 Å². The number of phenolic OH excluding ortho intramolecular Hbond substituents is 1. The van der Waals surface area contributed by atoms with Crippen LogP contribution >= 0.6 is 11.8 Å². The second-order valence-electron chi connectivity index (χ2n) is 5.64. The van der Waals surface area contributed by atoms with Crippen LogP contribution in [0.4, 0.5) is 5.82 Å². The van der Waals surface area contributed by atoms with Crippen molar-refractivity contribution in [3.8, 4) is 11.7 Å². The first-order valence-corrected chi connectivity index (χ1v) is 8.75. The third-order valence-corrected chi connectivity index (χ3v) is 5.19. The summed E-state index contributed by atoms with van der Waals surface area (Å²) < 4.78 is 1.56. The number of hydrogen-bond donors (Lipinski definition) is 2. The number of anilines is 1. The normalized spacial score (nSPS) is 16.8. The van der Waals surface area contributed by atoms with Crippen molar-refractivity contribution in [2.45, 2.75) is 12.2 Å². The summed E-state index contributed by atoms with van der Waals surface area (Å²) in [4.78, 5) is 20.7. The van der Waals surface area contributed by atoms with E-state index in [0.29, 0.717) is 17.5 Å². The first-order valence-electron chi connectivity index (χ1n) is 7.71. The van der Waals surface area contributed by atoms with Crippen molar-refractivity contribution in [1.29, 1.82) is 0 Å². The van der Waals surface area contributed by atoms with Crippen LogP contribution in [0.2, 0.25) is 0 Å². The molecule has 0 saturated carbocycles. The van der Waals surface area contributed by atoms with E-state index in [1.807, 2.05) is 13.0 Å². The highest BCUT2D eigenvalue weighted by Gasteiger charge is 2.31. The summed E-state index contributed by atoms with van der Waals surface area (Å²) in [6.45, 7) is 1.89. The van der Waals surface area contributed by atoms with Gasteiger partial charge in [-0.05, 0) is 30.7 Å². The standard InChI is InChI=1S/C17H15N5O2S/c1-10-14-15(11-4-2-5-12(23)8-11)25-9-13(24)20-16(14)22(21-10)17-18-6-3-7-19-17/h2-8,15,23H,9H2,1H3,(H,20,24)/t15-/m0/s1. The van der Waals surface area contributed by atoms with Crippen molar-refractivity contribution >= 4 is 23.5 Å². The number of amides is 1. The molecule has 3 heterocycles. The number of fused-ring (bicyclic) bond motifs is 1. The Balaban J connectivity index is 1.90. The molecule has 2 aromatic heterocycles. The minimum Gasteiger partial charge on any atom is -0.508 e. The highest BCUT2D eigenvalue weighted by molar-refractivity contribution is 8.00. The lowest BCUT2D eigenvalue weighted by Crippen LogP contribution is -2.16. The molecule has 1 aliphatic rings. The highest BCUT2D eigenvalue weighted by Crippen LogP contribution is 2.44. The maximum atomic E-state index is 12.2. The minimum atomic E-state index is -0.126. The van der Waals surface area contributed by atoms with Gasteiger partial charge in [0.1, 0.15) is 11.6 Å². The number of thioether (sulfide) groups is 1. The van der Waals surface area contributed by atoms with E-state index in [1.54, 1.807) is 41.3 Å². The van der Waals surface area contributed by atoms with Crippen molar-refractivity contribution in [3.63, 3.8) is 0 Å².